The van der Waals surface area contributed by atoms with Crippen LogP contribution in [0, 0.1) is 0 Å². The van der Waals surface area contributed by atoms with Crippen LogP contribution >= 0.6 is 11.6 Å². The second-order valence-corrected chi connectivity index (χ2v) is 5.55. The summed E-state index contributed by atoms with van der Waals surface area (Å²) in [5, 5.41) is 3.16. The number of carbonyl (C=O) groups excluding carboxylic acids is 3. The lowest BCUT2D eigenvalue weighted by Gasteiger charge is -2.06. The van der Waals surface area contributed by atoms with E-state index in [1.807, 2.05) is 0 Å². The van der Waals surface area contributed by atoms with E-state index in [1.165, 1.54) is 6.92 Å². The van der Waals surface area contributed by atoms with E-state index in [-0.39, 0.29) is 24.5 Å². The molecule has 0 saturated heterocycles. The minimum atomic E-state index is -0.496. The van der Waals surface area contributed by atoms with Crippen LogP contribution < -0.4 is 10.1 Å². The second-order valence-electron chi connectivity index (χ2n) is 5.11. The molecule has 0 fully saturated rings. The van der Waals surface area contributed by atoms with Crippen molar-refractivity contribution in [1.82, 2.24) is 0 Å². The smallest absolute Gasteiger partial charge is 0.311 e. The molecule has 0 unspecified atom stereocenters. The average Bonchev–Trinajstić information content (AvgIpc) is 2.54. The van der Waals surface area contributed by atoms with Crippen LogP contribution in [0.1, 0.15) is 30.1 Å². The summed E-state index contributed by atoms with van der Waals surface area (Å²) in [7, 11) is 0. The Kier molecular flexibility index (Phi) is 6.09. The number of Topliss-reactive ketones (excluding diaryl/α,β-unsaturated/α-hetero) is 1. The first-order valence-corrected chi connectivity index (χ1v) is 7.69. The standard InChI is InChI=1S/C18H16ClNO4/c1-12(21)20-15-6-8-16(9-7-15)24-18(23)11-10-17(22)13-2-4-14(19)5-3-13/h2-9H,10-11H2,1H3,(H,20,21). The Morgan fingerprint density at radius 3 is 2.17 bits per heavy atom. The van der Waals surface area contributed by atoms with E-state index >= 15 is 0 Å². The molecule has 24 heavy (non-hydrogen) atoms. The van der Waals surface area contributed by atoms with Gasteiger partial charge in [0.1, 0.15) is 5.75 Å². The summed E-state index contributed by atoms with van der Waals surface area (Å²) in [5.74, 6) is -0.470. The van der Waals surface area contributed by atoms with E-state index < -0.39 is 5.97 Å². The number of anilines is 1. The zero-order chi connectivity index (χ0) is 17.5. The first-order chi connectivity index (χ1) is 11.4. The molecule has 0 bridgehead atoms. The van der Waals surface area contributed by atoms with Crippen molar-refractivity contribution in [2.45, 2.75) is 19.8 Å². The van der Waals surface area contributed by atoms with Crippen molar-refractivity contribution >= 4 is 34.9 Å². The summed E-state index contributed by atoms with van der Waals surface area (Å²) in [5.41, 5.74) is 1.12. The molecule has 0 spiro atoms. The highest BCUT2D eigenvalue weighted by Gasteiger charge is 2.11. The lowest BCUT2D eigenvalue weighted by atomic mass is 10.1. The molecule has 0 aromatic heterocycles. The van der Waals surface area contributed by atoms with Crippen LogP contribution in [0.15, 0.2) is 48.5 Å². The van der Waals surface area contributed by atoms with Crippen LogP contribution in [0.3, 0.4) is 0 Å². The highest BCUT2D eigenvalue weighted by molar-refractivity contribution is 6.30. The van der Waals surface area contributed by atoms with Gasteiger partial charge in [0.15, 0.2) is 5.78 Å². The third kappa shape index (κ3) is 5.52. The number of rotatable bonds is 6. The van der Waals surface area contributed by atoms with Gasteiger partial charge in [-0.05, 0) is 48.5 Å². The number of ether oxygens (including phenoxy) is 1. The molecular weight excluding hydrogens is 330 g/mol. The van der Waals surface area contributed by atoms with E-state index in [2.05, 4.69) is 5.32 Å². The van der Waals surface area contributed by atoms with Crippen molar-refractivity contribution in [1.29, 1.82) is 0 Å². The van der Waals surface area contributed by atoms with E-state index in [1.54, 1.807) is 48.5 Å². The van der Waals surface area contributed by atoms with Gasteiger partial charge in [-0.3, -0.25) is 14.4 Å². The van der Waals surface area contributed by atoms with Crippen LogP contribution in [0.4, 0.5) is 5.69 Å². The van der Waals surface area contributed by atoms with Gasteiger partial charge in [-0.25, -0.2) is 0 Å². The zero-order valence-corrected chi connectivity index (χ0v) is 13.8. The van der Waals surface area contributed by atoms with Crippen LogP contribution in [0.5, 0.6) is 5.75 Å². The summed E-state index contributed by atoms with van der Waals surface area (Å²) >= 11 is 5.76. The minimum Gasteiger partial charge on any atom is -0.427 e. The molecule has 0 aliphatic rings. The second kappa shape index (κ2) is 8.26. The highest BCUT2D eigenvalue weighted by Crippen LogP contribution is 2.17. The lowest BCUT2D eigenvalue weighted by Crippen LogP contribution is -2.11. The maximum atomic E-state index is 12.0. The molecule has 1 N–H and O–H groups in total. The van der Waals surface area contributed by atoms with Gasteiger partial charge in [0.05, 0.1) is 6.42 Å². The van der Waals surface area contributed by atoms with Crippen molar-refractivity contribution in [3.63, 3.8) is 0 Å². The largest absolute Gasteiger partial charge is 0.427 e. The molecule has 0 radical (unpaired) electrons. The van der Waals surface area contributed by atoms with Crippen LogP contribution in [-0.2, 0) is 9.59 Å². The Morgan fingerprint density at radius 1 is 0.958 bits per heavy atom. The zero-order valence-electron chi connectivity index (χ0n) is 13.0. The molecule has 0 aliphatic heterocycles. The molecule has 2 rings (SSSR count). The van der Waals surface area contributed by atoms with Crippen molar-refractivity contribution in [2.24, 2.45) is 0 Å². The molecule has 2 aromatic rings. The number of esters is 1. The number of hydrogen-bond acceptors (Lipinski definition) is 4. The van der Waals surface area contributed by atoms with Gasteiger partial charge >= 0.3 is 5.97 Å². The first-order valence-electron chi connectivity index (χ1n) is 7.31. The first kappa shape index (κ1) is 17.7. The van der Waals surface area contributed by atoms with Crippen molar-refractivity contribution in [3.05, 3.63) is 59.1 Å². The van der Waals surface area contributed by atoms with Gasteiger partial charge in [0.2, 0.25) is 5.91 Å². The molecule has 0 atom stereocenters. The quantitative estimate of drug-likeness (QED) is 0.490. The van der Waals surface area contributed by atoms with Gasteiger partial charge in [-0.15, -0.1) is 0 Å². The third-order valence-electron chi connectivity index (χ3n) is 3.13. The number of amides is 1. The molecule has 5 nitrogen and oxygen atoms in total. The fraction of sp³-hybridized carbons (Fsp3) is 0.167. The fourth-order valence-electron chi connectivity index (χ4n) is 1.99. The van der Waals surface area contributed by atoms with E-state index in [4.69, 9.17) is 16.3 Å². The highest BCUT2D eigenvalue weighted by atomic mass is 35.5. The van der Waals surface area contributed by atoms with Gasteiger partial charge in [-0.2, -0.15) is 0 Å². The van der Waals surface area contributed by atoms with Crippen molar-refractivity contribution in [3.8, 4) is 5.75 Å². The Hall–Kier alpha value is -2.66. The number of ketones is 1. The van der Waals surface area contributed by atoms with Crippen LogP contribution in [0.25, 0.3) is 0 Å². The monoisotopic (exact) mass is 345 g/mol. The summed E-state index contributed by atoms with van der Waals surface area (Å²) in [4.78, 5) is 34.7. The Balaban J connectivity index is 1.83. The molecule has 1 amide bonds. The maximum absolute atomic E-state index is 12.0. The number of halogens is 1. The minimum absolute atomic E-state index is 0.0189. The summed E-state index contributed by atoms with van der Waals surface area (Å²) in [6.45, 7) is 1.41. The SMILES string of the molecule is CC(=O)Nc1ccc(OC(=O)CCC(=O)c2ccc(Cl)cc2)cc1. The Bertz CT molecular complexity index is 739. The molecular formula is C18H16ClNO4. The summed E-state index contributed by atoms with van der Waals surface area (Å²) in [6.07, 6.45) is 0.0410. The van der Waals surface area contributed by atoms with Crippen LogP contribution in [-0.4, -0.2) is 17.7 Å². The van der Waals surface area contributed by atoms with Gasteiger partial charge < -0.3 is 10.1 Å². The van der Waals surface area contributed by atoms with Gasteiger partial charge in [0.25, 0.3) is 0 Å². The lowest BCUT2D eigenvalue weighted by molar-refractivity contribution is -0.134. The van der Waals surface area contributed by atoms with E-state index in [9.17, 15) is 14.4 Å². The maximum Gasteiger partial charge on any atom is 0.311 e. The third-order valence-corrected chi connectivity index (χ3v) is 3.38. The van der Waals surface area contributed by atoms with E-state index in [0.29, 0.717) is 22.0 Å². The fourth-order valence-corrected chi connectivity index (χ4v) is 2.11. The molecule has 2 aromatic carbocycles. The number of hydrogen-bond donors (Lipinski definition) is 1. The summed E-state index contributed by atoms with van der Waals surface area (Å²) < 4.78 is 5.15. The molecule has 0 saturated carbocycles. The average molecular weight is 346 g/mol. The molecule has 0 heterocycles. The number of benzene rings is 2. The molecule has 6 heteroatoms. The van der Waals surface area contributed by atoms with Crippen molar-refractivity contribution in [2.75, 3.05) is 5.32 Å². The predicted molar refractivity (Wildman–Crippen MR) is 91.4 cm³/mol. The van der Waals surface area contributed by atoms with Gasteiger partial charge in [0, 0.05) is 29.6 Å². The number of carbonyl (C=O) groups is 3. The summed E-state index contributed by atoms with van der Waals surface area (Å²) in [6, 6.07) is 12.9. The molecule has 0 aliphatic carbocycles. The Labute approximate surface area is 144 Å². The van der Waals surface area contributed by atoms with E-state index in [0.717, 1.165) is 0 Å². The normalized spacial score (nSPS) is 10.1. The Morgan fingerprint density at radius 2 is 1.58 bits per heavy atom. The van der Waals surface area contributed by atoms with Crippen molar-refractivity contribution < 1.29 is 19.1 Å². The van der Waals surface area contributed by atoms with Crippen LogP contribution in [0.2, 0.25) is 5.02 Å². The molecule has 124 valence electrons. The number of nitrogens with one attached hydrogen (secondary N) is 1. The predicted octanol–water partition coefficient (Wildman–Crippen LogP) is 3.87. The topological polar surface area (TPSA) is 72.5 Å². The van der Waals surface area contributed by atoms with Gasteiger partial charge in [-0.1, -0.05) is 11.6 Å².